The highest BCUT2D eigenvalue weighted by molar-refractivity contribution is 7.15. The number of halogens is 1. The van der Waals surface area contributed by atoms with E-state index in [0.29, 0.717) is 16.4 Å². The SMILES string of the molecule is Cc1c(Cl)cccc1NC(=O)c1cn2ccsc2n1. The fourth-order valence-corrected chi connectivity index (χ4v) is 2.64. The fraction of sp³-hybridized carbons (Fsp3) is 0.0769. The molecule has 4 nitrogen and oxygen atoms in total. The third kappa shape index (κ3) is 2.22. The molecule has 0 saturated heterocycles. The maximum Gasteiger partial charge on any atom is 0.275 e. The first-order valence-corrected chi connectivity index (χ1v) is 6.89. The van der Waals surface area contributed by atoms with E-state index >= 15 is 0 Å². The van der Waals surface area contributed by atoms with Gasteiger partial charge in [-0.2, -0.15) is 0 Å². The second-order valence-corrected chi connectivity index (χ2v) is 5.37. The van der Waals surface area contributed by atoms with Crippen LogP contribution in [0.25, 0.3) is 4.96 Å². The summed E-state index contributed by atoms with van der Waals surface area (Å²) in [5.74, 6) is -0.235. The van der Waals surface area contributed by atoms with Crippen LogP contribution in [-0.2, 0) is 0 Å². The van der Waals surface area contributed by atoms with E-state index in [0.717, 1.165) is 10.5 Å². The maximum atomic E-state index is 12.1. The Morgan fingerprint density at radius 1 is 1.47 bits per heavy atom. The van der Waals surface area contributed by atoms with E-state index in [1.54, 1.807) is 18.3 Å². The van der Waals surface area contributed by atoms with Crippen LogP contribution in [0.1, 0.15) is 16.1 Å². The molecule has 0 aliphatic heterocycles. The van der Waals surface area contributed by atoms with Gasteiger partial charge in [-0.1, -0.05) is 17.7 Å². The van der Waals surface area contributed by atoms with Gasteiger partial charge in [0.15, 0.2) is 4.96 Å². The molecule has 19 heavy (non-hydrogen) atoms. The Labute approximate surface area is 118 Å². The molecule has 0 spiro atoms. The number of amides is 1. The molecule has 2 aromatic heterocycles. The standard InChI is InChI=1S/C13H10ClN3OS/c1-8-9(14)3-2-4-10(8)15-12(18)11-7-17-5-6-19-13(17)16-11/h2-7H,1H3,(H,15,18). The number of benzene rings is 1. The summed E-state index contributed by atoms with van der Waals surface area (Å²) in [5.41, 5.74) is 1.94. The number of rotatable bonds is 2. The summed E-state index contributed by atoms with van der Waals surface area (Å²) < 4.78 is 1.82. The summed E-state index contributed by atoms with van der Waals surface area (Å²) in [4.78, 5) is 17.2. The number of thiazole rings is 1. The minimum atomic E-state index is -0.235. The van der Waals surface area contributed by atoms with Crippen LogP contribution in [0.15, 0.2) is 36.0 Å². The number of nitrogens with zero attached hydrogens (tertiary/aromatic N) is 2. The monoisotopic (exact) mass is 291 g/mol. The van der Waals surface area contributed by atoms with Gasteiger partial charge in [-0.25, -0.2) is 4.98 Å². The molecule has 3 aromatic rings. The van der Waals surface area contributed by atoms with E-state index in [4.69, 9.17) is 11.6 Å². The lowest BCUT2D eigenvalue weighted by Gasteiger charge is -2.07. The van der Waals surface area contributed by atoms with Crippen LogP contribution in [0.2, 0.25) is 5.02 Å². The normalized spacial score (nSPS) is 10.8. The number of nitrogens with one attached hydrogen (secondary N) is 1. The molecule has 2 heterocycles. The zero-order valence-electron chi connectivity index (χ0n) is 10.1. The number of carbonyl (C=O) groups is 1. The first-order valence-electron chi connectivity index (χ1n) is 5.64. The average molecular weight is 292 g/mol. The van der Waals surface area contributed by atoms with Gasteiger partial charge in [0.2, 0.25) is 0 Å². The topological polar surface area (TPSA) is 46.4 Å². The largest absolute Gasteiger partial charge is 0.320 e. The summed E-state index contributed by atoms with van der Waals surface area (Å²) in [6, 6.07) is 5.41. The van der Waals surface area contributed by atoms with Gasteiger partial charge >= 0.3 is 0 Å². The van der Waals surface area contributed by atoms with Gasteiger partial charge in [0.05, 0.1) is 0 Å². The highest BCUT2D eigenvalue weighted by atomic mass is 35.5. The predicted octanol–water partition coefficient (Wildman–Crippen LogP) is 3.61. The molecule has 0 bridgehead atoms. The van der Waals surface area contributed by atoms with Gasteiger partial charge in [-0.15, -0.1) is 11.3 Å². The summed E-state index contributed by atoms with van der Waals surface area (Å²) in [6.45, 7) is 1.86. The summed E-state index contributed by atoms with van der Waals surface area (Å²) in [7, 11) is 0. The molecular formula is C13H10ClN3OS. The van der Waals surface area contributed by atoms with Crippen molar-refractivity contribution >= 4 is 39.5 Å². The van der Waals surface area contributed by atoms with Gasteiger partial charge in [0.25, 0.3) is 5.91 Å². The van der Waals surface area contributed by atoms with Crippen LogP contribution in [-0.4, -0.2) is 15.3 Å². The van der Waals surface area contributed by atoms with Crippen LogP contribution >= 0.6 is 22.9 Å². The van der Waals surface area contributed by atoms with E-state index in [-0.39, 0.29) is 5.91 Å². The first kappa shape index (κ1) is 12.2. The van der Waals surface area contributed by atoms with Crippen molar-refractivity contribution in [1.82, 2.24) is 9.38 Å². The maximum absolute atomic E-state index is 12.1. The number of hydrogen-bond acceptors (Lipinski definition) is 3. The van der Waals surface area contributed by atoms with Gasteiger partial charge in [0, 0.05) is 28.5 Å². The summed E-state index contributed by atoms with van der Waals surface area (Å²) >= 11 is 7.51. The molecule has 1 aromatic carbocycles. The van der Waals surface area contributed by atoms with E-state index in [1.807, 2.05) is 29.0 Å². The lowest BCUT2D eigenvalue weighted by molar-refractivity contribution is 0.102. The second-order valence-electron chi connectivity index (χ2n) is 4.09. The van der Waals surface area contributed by atoms with Crippen molar-refractivity contribution in [1.29, 1.82) is 0 Å². The molecule has 0 aliphatic carbocycles. The molecule has 1 N–H and O–H groups in total. The number of imidazole rings is 1. The Kier molecular flexibility index (Phi) is 3.00. The molecule has 0 saturated carbocycles. The minimum Gasteiger partial charge on any atom is -0.320 e. The Morgan fingerprint density at radius 2 is 2.32 bits per heavy atom. The third-order valence-electron chi connectivity index (χ3n) is 2.84. The number of aromatic nitrogens is 2. The first-order chi connectivity index (χ1) is 9.15. The Bertz CT molecular complexity index is 734. The number of fused-ring (bicyclic) bond motifs is 1. The quantitative estimate of drug-likeness (QED) is 0.784. The molecule has 6 heteroatoms. The number of hydrogen-bond donors (Lipinski definition) is 1. The summed E-state index contributed by atoms with van der Waals surface area (Å²) in [5, 5.41) is 5.37. The van der Waals surface area contributed by atoms with Crippen LogP contribution in [0.4, 0.5) is 5.69 Å². The second kappa shape index (κ2) is 4.68. The third-order valence-corrected chi connectivity index (χ3v) is 4.02. The van der Waals surface area contributed by atoms with Crippen LogP contribution in [0.5, 0.6) is 0 Å². The zero-order chi connectivity index (χ0) is 13.4. The van der Waals surface area contributed by atoms with Gasteiger partial charge < -0.3 is 5.32 Å². The van der Waals surface area contributed by atoms with Crippen molar-refractivity contribution in [2.45, 2.75) is 6.92 Å². The molecule has 0 atom stereocenters. The van der Waals surface area contributed by atoms with E-state index in [1.165, 1.54) is 11.3 Å². The molecule has 3 rings (SSSR count). The molecular weight excluding hydrogens is 282 g/mol. The smallest absolute Gasteiger partial charge is 0.275 e. The van der Waals surface area contributed by atoms with Crippen LogP contribution < -0.4 is 5.32 Å². The molecule has 1 amide bonds. The Balaban J connectivity index is 1.89. The molecule has 96 valence electrons. The van der Waals surface area contributed by atoms with Crippen molar-refractivity contribution in [2.24, 2.45) is 0 Å². The van der Waals surface area contributed by atoms with Crippen LogP contribution in [0.3, 0.4) is 0 Å². The van der Waals surface area contributed by atoms with E-state index in [2.05, 4.69) is 10.3 Å². The molecule has 0 fully saturated rings. The lowest BCUT2D eigenvalue weighted by Crippen LogP contribution is -2.13. The van der Waals surface area contributed by atoms with Crippen molar-refractivity contribution < 1.29 is 4.79 Å². The molecule has 0 unspecified atom stereocenters. The van der Waals surface area contributed by atoms with E-state index < -0.39 is 0 Å². The van der Waals surface area contributed by atoms with Gasteiger partial charge in [0.1, 0.15) is 5.69 Å². The average Bonchev–Trinajstić information content (AvgIpc) is 2.95. The number of carbonyl (C=O) groups excluding carboxylic acids is 1. The summed E-state index contributed by atoms with van der Waals surface area (Å²) in [6.07, 6.45) is 3.58. The Morgan fingerprint density at radius 3 is 3.11 bits per heavy atom. The van der Waals surface area contributed by atoms with Crippen LogP contribution in [0, 0.1) is 6.92 Å². The number of anilines is 1. The van der Waals surface area contributed by atoms with Crippen molar-refractivity contribution in [3.05, 3.63) is 52.3 Å². The predicted molar refractivity (Wildman–Crippen MR) is 77.2 cm³/mol. The van der Waals surface area contributed by atoms with E-state index in [9.17, 15) is 4.79 Å². The van der Waals surface area contributed by atoms with Crippen molar-refractivity contribution in [3.8, 4) is 0 Å². The highest BCUT2D eigenvalue weighted by Crippen LogP contribution is 2.23. The molecule has 0 radical (unpaired) electrons. The zero-order valence-corrected chi connectivity index (χ0v) is 11.6. The highest BCUT2D eigenvalue weighted by Gasteiger charge is 2.13. The van der Waals surface area contributed by atoms with Crippen molar-refractivity contribution in [2.75, 3.05) is 5.32 Å². The van der Waals surface area contributed by atoms with Crippen molar-refractivity contribution in [3.63, 3.8) is 0 Å². The minimum absolute atomic E-state index is 0.235. The van der Waals surface area contributed by atoms with Gasteiger partial charge in [-0.05, 0) is 24.6 Å². The molecule has 0 aliphatic rings. The van der Waals surface area contributed by atoms with Gasteiger partial charge in [-0.3, -0.25) is 9.20 Å². The Hall–Kier alpha value is -1.85. The fourth-order valence-electron chi connectivity index (χ4n) is 1.77. The lowest BCUT2D eigenvalue weighted by atomic mass is 10.2.